The highest BCUT2D eigenvalue weighted by Crippen LogP contribution is 2.23. The summed E-state index contributed by atoms with van der Waals surface area (Å²) < 4.78 is 0. The normalized spacial score (nSPS) is 12.5. The van der Waals surface area contributed by atoms with Gasteiger partial charge in [0.2, 0.25) is 0 Å². The third kappa shape index (κ3) is 3.32. The van der Waals surface area contributed by atoms with Crippen LogP contribution in [0.25, 0.3) is 11.0 Å². The quantitative estimate of drug-likeness (QED) is 0.741. The molecule has 0 saturated heterocycles. The Labute approximate surface area is 112 Å². The molecular weight excluding hydrogens is 240 g/mol. The Morgan fingerprint density at radius 3 is 3.05 bits per heavy atom. The van der Waals surface area contributed by atoms with Crippen LogP contribution in [-0.4, -0.2) is 27.7 Å². The van der Waals surface area contributed by atoms with Crippen molar-refractivity contribution in [2.45, 2.75) is 32.2 Å². The predicted octanol–water partition coefficient (Wildman–Crippen LogP) is 2.17. The molecule has 5 heteroatoms. The maximum Gasteiger partial charge on any atom is 0.126 e. The average Bonchev–Trinajstić information content (AvgIpc) is 2.43. The van der Waals surface area contributed by atoms with Gasteiger partial charge in [-0.3, -0.25) is 4.98 Å². The molecule has 0 amide bonds. The minimum Gasteiger partial charge on any atom is -0.394 e. The molecule has 2 heterocycles. The molecule has 2 aromatic rings. The molecule has 102 valence electrons. The summed E-state index contributed by atoms with van der Waals surface area (Å²) in [6.45, 7) is 2.23. The fourth-order valence-electron chi connectivity index (χ4n) is 2.07. The lowest BCUT2D eigenvalue weighted by Gasteiger charge is -2.18. The standard InChI is InChI=1S/C14H20N4O/c1-2-3-5-10(9-19)17-12-8-13(15)18-11-6-4-7-16-14(11)12/h4,6-8,10,19H,2-3,5,9H2,1H3,(H3,15,17,18)/t10-/m0/s1. The summed E-state index contributed by atoms with van der Waals surface area (Å²) in [5, 5.41) is 12.7. The maximum atomic E-state index is 9.43. The van der Waals surface area contributed by atoms with Gasteiger partial charge in [-0.05, 0) is 18.6 Å². The van der Waals surface area contributed by atoms with E-state index >= 15 is 0 Å². The van der Waals surface area contributed by atoms with E-state index in [0.717, 1.165) is 36.0 Å². The first-order valence-corrected chi connectivity index (χ1v) is 6.63. The number of fused-ring (bicyclic) bond motifs is 1. The van der Waals surface area contributed by atoms with Crippen molar-refractivity contribution >= 4 is 22.5 Å². The van der Waals surface area contributed by atoms with Crippen molar-refractivity contribution in [3.05, 3.63) is 24.4 Å². The highest BCUT2D eigenvalue weighted by molar-refractivity contribution is 5.89. The fourth-order valence-corrected chi connectivity index (χ4v) is 2.07. The maximum absolute atomic E-state index is 9.43. The Hall–Kier alpha value is -1.88. The molecule has 0 aliphatic carbocycles. The average molecular weight is 260 g/mol. The SMILES string of the molecule is CCCC[C@@H](CO)Nc1cc(N)nc2cccnc12. The summed E-state index contributed by atoms with van der Waals surface area (Å²) in [6.07, 6.45) is 4.83. The van der Waals surface area contributed by atoms with E-state index in [0.29, 0.717) is 5.82 Å². The molecule has 4 N–H and O–H groups in total. The third-order valence-corrected chi connectivity index (χ3v) is 3.07. The van der Waals surface area contributed by atoms with E-state index in [1.54, 1.807) is 12.3 Å². The molecule has 0 aliphatic rings. The molecule has 1 atom stereocenters. The van der Waals surface area contributed by atoms with Crippen molar-refractivity contribution in [1.82, 2.24) is 9.97 Å². The molecule has 0 saturated carbocycles. The van der Waals surface area contributed by atoms with Gasteiger partial charge >= 0.3 is 0 Å². The lowest BCUT2D eigenvalue weighted by molar-refractivity contribution is 0.267. The van der Waals surface area contributed by atoms with Crippen LogP contribution in [0.5, 0.6) is 0 Å². The lowest BCUT2D eigenvalue weighted by Crippen LogP contribution is -2.24. The number of unbranched alkanes of at least 4 members (excludes halogenated alkanes) is 1. The van der Waals surface area contributed by atoms with E-state index in [4.69, 9.17) is 5.73 Å². The van der Waals surface area contributed by atoms with Crippen LogP contribution in [0.1, 0.15) is 26.2 Å². The Balaban J connectivity index is 2.28. The molecule has 0 unspecified atom stereocenters. The Kier molecular flexibility index (Phi) is 4.52. The minimum absolute atomic E-state index is 0.0203. The Morgan fingerprint density at radius 1 is 1.47 bits per heavy atom. The summed E-state index contributed by atoms with van der Waals surface area (Å²) in [4.78, 5) is 8.57. The molecule has 0 fully saturated rings. The van der Waals surface area contributed by atoms with Gasteiger partial charge in [0.1, 0.15) is 11.3 Å². The van der Waals surface area contributed by atoms with Crippen LogP contribution < -0.4 is 11.1 Å². The second-order valence-electron chi connectivity index (χ2n) is 4.63. The van der Waals surface area contributed by atoms with E-state index in [9.17, 15) is 5.11 Å². The van der Waals surface area contributed by atoms with Gasteiger partial charge in [0.15, 0.2) is 0 Å². The van der Waals surface area contributed by atoms with E-state index in [2.05, 4.69) is 22.2 Å². The number of hydrogen-bond donors (Lipinski definition) is 3. The molecular formula is C14H20N4O. The van der Waals surface area contributed by atoms with Gasteiger partial charge in [0, 0.05) is 18.3 Å². The van der Waals surface area contributed by atoms with Gasteiger partial charge in [0.05, 0.1) is 17.8 Å². The highest BCUT2D eigenvalue weighted by Gasteiger charge is 2.11. The summed E-state index contributed by atoms with van der Waals surface area (Å²) in [7, 11) is 0. The van der Waals surface area contributed by atoms with Gasteiger partial charge in [-0.1, -0.05) is 19.8 Å². The molecule has 2 rings (SSSR count). The summed E-state index contributed by atoms with van der Waals surface area (Å²) >= 11 is 0. The van der Waals surface area contributed by atoms with Gasteiger partial charge in [-0.15, -0.1) is 0 Å². The van der Waals surface area contributed by atoms with Crippen molar-refractivity contribution in [1.29, 1.82) is 0 Å². The molecule has 0 spiro atoms. The fraction of sp³-hybridized carbons (Fsp3) is 0.429. The minimum atomic E-state index is 0.0203. The molecule has 5 nitrogen and oxygen atoms in total. The predicted molar refractivity (Wildman–Crippen MR) is 78.0 cm³/mol. The van der Waals surface area contributed by atoms with Crippen LogP contribution in [0.2, 0.25) is 0 Å². The number of pyridine rings is 2. The first-order chi connectivity index (χ1) is 9.24. The highest BCUT2D eigenvalue weighted by atomic mass is 16.3. The summed E-state index contributed by atoms with van der Waals surface area (Å²) in [5.41, 5.74) is 8.18. The number of nitrogens with one attached hydrogen (secondary N) is 1. The Bertz CT molecular complexity index is 544. The number of rotatable bonds is 6. The van der Waals surface area contributed by atoms with E-state index < -0.39 is 0 Å². The van der Waals surface area contributed by atoms with Crippen LogP contribution in [-0.2, 0) is 0 Å². The summed E-state index contributed by atoms with van der Waals surface area (Å²) in [6, 6.07) is 5.50. The van der Waals surface area contributed by atoms with Crippen LogP contribution in [0.4, 0.5) is 11.5 Å². The second kappa shape index (κ2) is 6.33. The number of nitrogen functional groups attached to an aromatic ring is 1. The van der Waals surface area contributed by atoms with Crippen molar-refractivity contribution in [2.75, 3.05) is 17.7 Å². The van der Waals surface area contributed by atoms with Crippen LogP contribution >= 0.6 is 0 Å². The van der Waals surface area contributed by atoms with E-state index in [1.165, 1.54) is 0 Å². The second-order valence-corrected chi connectivity index (χ2v) is 4.63. The van der Waals surface area contributed by atoms with Gasteiger partial charge < -0.3 is 16.2 Å². The van der Waals surface area contributed by atoms with E-state index in [-0.39, 0.29) is 12.6 Å². The molecule has 0 aliphatic heterocycles. The zero-order valence-corrected chi connectivity index (χ0v) is 11.1. The van der Waals surface area contributed by atoms with Crippen LogP contribution in [0, 0.1) is 0 Å². The number of nitrogens with zero attached hydrogens (tertiary/aromatic N) is 2. The molecule has 0 bridgehead atoms. The lowest BCUT2D eigenvalue weighted by atomic mass is 10.1. The van der Waals surface area contributed by atoms with Gasteiger partial charge in [-0.25, -0.2) is 4.98 Å². The van der Waals surface area contributed by atoms with Crippen molar-refractivity contribution < 1.29 is 5.11 Å². The number of hydrogen-bond acceptors (Lipinski definition) is 5. The number of aromatic nitrogens is 2. The van der Waals surface area contributed by atoms with Crippen molar-refractivity contribution in [3.63, 3.8) is 0 Å². The first-order valence-electron chi connectivity index (χ1n) is 6.63. The molecule has 19 heavy (non-hydrogen) atoms. The topological polar surface area (TPSA) is 84.1 Å². The molecule has 2 aromatic heterocycles. The summed E-state index contributed by atoms with van der Waals surface area (Å²) in [5.74, 6) is 0.454. The number of aliphatic hydroxyl groups is 1. The zero-order valence-electron chi connectivity index (χ0n) is 11.1. The monoisotopic (exact) mass is 260 g/mol. The van der Waals surface area contributed by atoms with E-state index in [1.807, 2.05) is 12.1 Å². The smallest absolute Gasteiger partial charge is 0.126 e. The zero-order chi connectivity index (χ0) is 13.7. The largest absolute Gasteiger partial charge is 0.394 e. The van der Waals surface area contributed by atoms with Gasteiger partial charge in [-0.2, -0.15) is 0 Å². The number of nitrogens with two attached hydrogens (primary N) is 1. The van der Waals surface area contributed by atoms with Crippen molar-refractivity contribution in [2.24, 2.45) is 0 Å². The first kappa shape index (κ1) is 13.5. The van der Waals surface area contributed by atoms with Crippen LogP contribution in [0.15, 0.2) is 24.4 Å². The van der Waals surface area contributed by atoms with Crippen LogP contribution in [0.3, 0.4) is 0 Å². The third-order valence-electron chi connectivity index (χ3n) is 3.07. The number of anilines is 2. The van der Waals surface area contributed by atoms with Gasteiger partial charge in [0.25, 0.3) is 0 Å². The van der Waals surface area contributed by atoms with Crippen molar-refractivity contribution in [3.8, 4) is 0 Å². The number of aliphatic hydroxyl groups excluding tert-OH is 1. The Morgan fingerprint density at radius 2 is 2.32 bits per heavy atom. The molecule has 0 aromatic carbocycles. The molecule has 0 radical (unpaired) electrons.